The molecule has 0 amide bonds. The summed E-state index contributed by atoms with van der Waals surface area (Å²) < 4.78 is 63.1. The maximum Gasteiger partial charge on any atom is 0.416 e. The summed E-state index contributed by atoms with van der Waals surface area (Å²) in [6, 6.07) is 81.0. The number of para-hydroxylation sites is 8. The summed E-state index contributed by atoms with van der Waals surface area (Å²) in [5, 5.41) is 0. The van der Waals surface area contributed by atoms with Crippen molar-refractivity contribution in [2.24, 2.45) is 28.2 Å². The van der Waals surface area contributed by atoms with Gasteiger partial charge in [-0.1, -0.05) is 152 Å². The number of hydrogen-bond acceptors (Lipinski definition) is 2. The Labute approximate surface area is 548 Å². The number of halogens is 3. The Bertz CT molecular complexity index is 4920. The lowest BCUT2D eigenvalue weighted by molar-refractivity contribution is -0.637. The van der Waals surface area contributed by atoms with Crippen LogP contribution in [0.4, 0.5) is 13.2 Å². The van der Waals surface area contributed by atoms with Crippen LogP contribution >= 0.6 is 0 Å². The second-order valence-corrected chi connectivity index (χ2v) is 24.7. The zero-order chi connectivity index (χ0) is 66.4. The number of aromatic amines is 2. The molecule has 10 nitrogen and oxygen atoms in total. The Morgan fingerprint density at radius 3 is 1.38 bits per heavy atom. The van der Waals surface area contributed by atoms with Gasteiger partial charge in [0.15, 0.2) is 45.2 Å². The predicted molar refractivity (Wildman–Crippen MR) is 372 cm³/mol. The number of oxazole rings is 1. The fourth-order valence-electron chi connectivity index (χ4n) is 12.2. The highest BCUT2D eigenvalue weighted by atomic mass is 19.4. The Morgan fingerprint density at radius 1 is 0.436 bits per heavy atom. The van der Waals surface area contributed by atoms with Crippen molar-refractivity contribution in [2.45, 2.75) is 66.7 Å². The van der Waals surface area contributed by atoms with E-state index in [2.05, 4.69) is 265 Å². The number of nitrogens with zero attached hydrogens (tertiary/aromatic N) is 6. The summed E-state index contributed by atoms with van der Waals surface area (Å²) in [5.74, 6) is 5.10. The number of aromatic nitrogens is 7. The van der Waals surface area contributed by atoms with Crippen molar-refractivity contribution in [3.8, 4) is 45.6 Å². The maximum atomic E-state index is 12.7. The number of benzene rings is 10. The van der Waals surface area contributed by atoms with Crippen molar-refractivity contribution in [2.75, 3.05) is 13.7 Å². The number of likely N-dealkylation sites (N-methyl/N-ethyl adjacent to an activating group) is 1. The monoisotopic (exact) mass is 1260 g/mol. The Kier molecular flexibility index (Phi) is 19.1. The standard InChI is InChI=1S/C22H21N2.C16H13F3N2.C15H14N2.C15H14NO.C13H18NO/c1-17-10-6-7-13-19(17)22-23(2)20-14-8-9-15-21(20)24(22)16-18-11-4-3-5-12-18;1-10-9-11(16(17,18)19)7-8-12(10)15-20-13-5-3-4-6-14(13)21(15)2;1-11-7-3-4-8-12(11)15-16-13-9-5-6-10-14(13)17(15)2;1-11-7-3-4-8-12(11)15-16(2)13-9-5-6-10-14(13)17-15;1-10-7-5-6-8-11(10)12-14(4)13(2,3)9-15-12/h3-15H,16H2,1-2H3;3-9H,1-2H3;2*3-10H,1-2H3;5-8H,9H2,1-4H3/q+1;;;2*+1/p+2. The minimum atomic E-state index is -4.31. The molecule has 0 fully saturated rings. The number of H-pyrrole nitrogens is 2. The number of rotatable bonds is 7. The smallest absolute Gasteiger partial charge is 0.416 e. The normalized spacial score (nSPS) is 12.5. The van der Waals surface area contributed by atoms with E-state index in [0.29, 0.717) is 5.56 Å². The molecular formula is C81H82F3N8O2+5. The van der Waals surface area contributed by atoms with Gasteiger partial charge in [-0.2, -0.15) is 22.3 Å². The minimum absolute atomic E-state index is 0.0949. The van der Waals surface area contributed by atoms with Gasteiger partial charge in [0, 0.05) is 19.9 Å². The number of ether oxygens (including phenoxy) is 1. The molecule has 2 N–H and O–H groups in total. The van der Waals surface area contributed by atoms with E-state index in [-0.39, 0.29) is 5.54 Å². The van der Waals surface area contributed by atoms with E-state index in [1.807, 2.05) is 73.3 Å². The zero-order valence-corrected chi connectivity index (χ0v) is 55.6. The van der Waals surface area contributed by atoms with Crippen LogP contribution in [0.2, 0.25) is 0 Å². The molecule has 0 bridgehead atoms. The summed E-state index contributed by atoms with van der Waals surface area (Å²) in [5.41, 5.74) is 21.0. The predicted octanol–water partition coefficient (Wildman–Crippen LogP) is 16.9. The lowest BCUT2D eigenvalue weighted by atomic mass is 10.0. The number of fused-ring (bicyclic) bond motifs is 4. The van der Waals surface area contributed by atoms with Gasteiger partial charge in [0.2, 0.25) is 5.58 Å². The van der Waals surface area contributed by atoms with Crippen LogP contribution in [0.25, 0.3) is 89.8 Å². The minimum Gasteiger partial charge on any atom is -0.437 e. The quantitative estimate of drug-likeness (QED) is 0.156. The third kappa shape index (κ3) is 13.6. The molecule has 0 unspecified atom stereocenters. The van der Waals surface area contributed by atoms with Gasteiger partial charge in [-0.05, 0) is 153 Å². The van der Waals surface area contributed by atoms with Crippen molar-refractivity contribution in [1.82, 2.24) is 14.5 Å². The average Bonchev–Trinajstić information content (AvgIpc) is 1.63. The van der Waals surface area contributed by atoms with Gasteiger partial charge in [0.1, 0.15) is 20.6 Å². The first kappa shape index (κ1) is 64.9. The first-order valence-corrected chi connectivity index (χ1v) is 31.7. The molecule has 4 aromatic heterocycles. The van der Waals surface area contributed by atoms with Gasteiger partial charge < -0.3 is 9.15 Å². The first-order chi connectivity index (χ1) is 45.2. The summed E-state index contributed by atoms with van der Waals surface area (Å²) in [4.78, 5) is 6.74. The number of alkyl halides is 3. The molecule has 13 heteroatoms. The molecule has 5 heterocycles. The summed E-state index contributed by atoms with van der Waals surface area (Å²) in [7, 11) is 10.3. The summed E-state index contributed by atoms with van der Waals surface area (Å²) in [6.45, 7) is 16.2. The fourth-order valence-corrected chi connectivity index (χ4v) is 12.2. The Hall–Kier alpha value is -10.7. The molecule has 14 aromatic rings. The molecule has 0 radical (unpaired) electrons. The highest BCUT2D eigenvalue weighted by Crippen LogP contribution is 2.34. The van der Waals surface area contributed by atoms with Crippen LogP contribution in [0.3, 0.4) is 0 Å². The summed E-state index contributed by atoms with van der Waals surface area (Å²) >= 11 is 0. The van der Waals surface area contributed by atoms with Gasteiger partial charge in [-0.15, -0.1) is 0 Å². The van der Waals surface area contributed by atoms with Crippen LogP contribution in [0.15, 0.2) is 247 Å². The van der Waals surface area contributed by atoms with Crippen LogP contribution in [0, 0.1) is 34.6 Å². The van der Waals surface area contributed by atoms with E-state index in [9.17, 15) is 13.2 Å². The van der Waals surface area contributed by atoms with E-state index in [4.69, 9.17) is 9.15 Å². The molecule has 0 saturated heterocycles. The van der Waals surface area contributed by atoms with Crippen LogP contribution < -0.4 is 18.3 Å². The third-order valence-corrected chi connectivity index (χ3v) is 17.9. The largest absolute Gasteiger partial charge is 0.437 e. The lowest BCUT2D eigenvalue weighted by Gasteiger charge is -2.09. The summed E-state index contributed by atoms with van der Waals surface area (Å²) in [6.07, 6.45) is -4.31. The van der Waals surface area contributed by atoms with Gasteiger partial charge in [0.25, 0.3) is 23.0 Å². The maximum absolute atomic E-state index is 12.7. The number of hydrogen-bond donors (Lipinski definition) is 2. The molecular weight excluding hydrogens is 1170 g/mol. The molecule has 94 heavy (non-hydrogen) atoms. The Balaban J connectivity index is 0.000000121. The van der Waals surface area contributed by atoms with Gasteiger partial charge in [-0.25, -0.2) is 28.2 Å². The molecule has 0 saturated carbocycles. The highest BCUT2D eigenvalue weighted by molar-refractivity contribution is 5.92. The van der Waals surface area contributed by atoms with E-state index in [0.717, 1.165) is 75.9 Å². The highest BCUT2D eigenvalue weighted by Gasteiger charge is 2.40. The van der Waals surface area contributed by atoms with E-state index in [1.165, 1.54) is 84.5 Å². The van der Waals surface area contributed by atoms with E-state index >= 15 is 0 Å². The zero-order valence-electron chi connectivity index (χ0n) is 55.6. The average molecular weight is 1260 g/mol. The molecule has 0 aliphatic carbocycles. The SMILES string of the molecule is Cc1cc(C(F)(F)F)ccc1-c1[nH]c2ccccc2[n+]1C.Cc1ccccc1-c1[nH]c2ccccc2[n+]1C.Cc1ccccc1-c1n(Cc2ccccc2)c2ccccc2[n+]1C.Cc1ccccc1-c1oc2ccccc2[n+]1C.Cc1ccccc1C1=[N+](C)C(C)(C)CO1. The van der Waals surface area contributed by atoms with Gasteiger partial charge in [-0.3, -0.25) is 0 Å². The number of imidazole rings is 3. The number of nitrogens with one attached hydrogen (secondary N) is 2. The lowest BCUT2D eigenvalue weighted by Crippen LogP contribution is -2.33. The molecule has 0 atom stereocenters. The van der Waals surface area contributed by atoms with Gasteiger partial charge >= 0.3 is 18.0 Å². The van der Waals surface area contributed by atoms with Crippen molar-refractivity contribution in [3.05, 3.63) is 287 Å². The van der Waals surface area contributed by atoms with E-state index < -0.39 is 11.7 Å². The van der Waals surface area contributed by atoms with Crippen molar-refractivity contribution in [1.29, 1.82) is 0 Å². The van der Waals surface area contributed by atoms with Gasteiger partial charge in [0.05, 0.1) is 54.5 Å². The molecule has 10 aromatic carbocycles. The fraction of sp³-hybridized carbons (Fsp3) is 0.198. The van der Waals surface area contributed by atoms with E-state index in [1.54, 1.807) is 6.92 Å². The van der Waals surface area contributed by atoms with Crippen LogP contribution in [0.5, 0.6) is 0 Å². The molecule has 0 spiro atoms. The molecule has 1 aliphatic rings. The Morgan fingerprint density at radius 2 is 0.883 bits per heavy atom. The van der Waals surface area contributed by atoms with Crippen LogP contribution in [-0.2, 0) is 45.6 Å². The number of aryl methyl sites for hydroxylation is 9. The second-order valence-electron chi connectivity index (χ2n) is 24.7. The second kappa shape index (κ2) is 27.7. The van der Waals surface area contributed by atoms with Crippen LogP contribution in [0.1, 0.15) is 58.4 Å². The van der Waals surface area contributed by atoms with Crippen LogP contribution in [-0.4, -0.2) is 44.2 Å². The topological polar surface area (TPSA) is 77.4 Å². The molecule has 1 aliphatic heterocycles. The molecule has 15 rings (SSSR count). The van der Waals surface area contributed by atoms with Crippen molar-refractivity contribution >= 4 is 50.1 Å². The molecule has 474 valence electrons. The van der Waals surface area contributed by atoms with Crippen molar-refractivity contribution < 1.29 is 45.2 Å². The van der Waals surface area contributed by atoms with Crippen molar-refractivity contribution in [3.63, 3.8) is 0 Å². The first-order valence-electron chi connectivity index (χ1n) is 31.7. The third-order valence-electron chi connectivity index (χ3n) is 17.9.